The van der Waals surface area contributed by atoms with Crippen LogP contribution in [0.3, 0.4) is 0 Å². The molecular formula is C16H23N3OS. The molecule has 1 aliphatic heterocycles. The number of likely N-dealkylation sites (N-methyl/N-ethyl adjacent to an activating group) is 1. The predicted molar refractivity (Wildman–Crippen MR) is 84.3 cm³/mol. The Morgan fingerprint density at radius 3 is 3.00 bits per heavy atom. The molecule has 0 amide bonds. The molecule has 1 aromatic heterocycles. The lowest BCUT2D eigenvalue weighted by Crippen LogP contribution is -2.46. The Morgan fingerprint density at radius 2 is 2.33 bits per heavy atom. The summed E-state index contributed by atoms with van der Waals surface area (Å²) in [5.74, 6) is 0.877. The Labute approximate surface area is 130 Å². The van der Waals surface area contributed by atoms with Gasteiger partial charge in [0.25, 0.3) is 0 Å². The number of thiophene rings is 1. The quantitative estimate of drug-likeness (QED) is 0.807. The van der Waals surface area contributed by atoms with Crippen LogP contribution in [0.4, 0.5) is 0 Å². The van der Waals surface area contributed by atoms with Crippen LogP contribution in [0.2, 0.25) is 0 Å². The van der Waals surface area contributed by atoms with E-state index in [1.807, 2.05) is 11.4 Å². The number of nitrogens with zero attached hydrogens (tertiary/aromatic N) is 3. The Bertz CT molecular complexity index is 506. The van der Waals surface area contributed by atoms with Crippen molar-refractivity contribution in [1.82, 2.24) is 9.80 Å². The zero-order valence-corrected chi connectivity index (χ0v) is 13.4. The molecule has 4 nitrogen and oxygen atoms in total. The summed E-state index contributed by atoms with van der Waals surface area (Å²) in [4.78, 5) is 6.16. The summed E-state index contributed by atoms with van der Waals surface area (Å²) in [6.45, 7) is 6.02. The molecule has 2 fully saturated rings. The van der Waals surface area contributed by atoms with Crippen LogP contribution in [0.5, 0.6) is 0 Å². The maximum Gasteiger partial charge on any atom is 0.100 e. The van der Waals surface area contributed by atoms with Crippen molar-refractivity contribution in [2.24, 2.45) is 5.92 Å². The average Bonchev–Trinajstić information content (AvgIpc) is 3.15. The Kier molecular flexibility index (Phi) is 4.91. The average molecular weight is 305 g/mol. The highest BCUT2D eigenvalue weighted by atomic mass is 32.1. The van der Waals surface area contributed by atoms with E-state index < -0.39 is 0 Å². The lowest BCUT2D eigenvalue weighted by molar-refractivity contribution is -0.0371. The van der Waals surface area contributed by atoms with E-state index in [0.29, 0.717) is 6.10 Å². The minimum atomic E-state index is 0.317. The van der Waals surface area contributed by atoms with Gasteiger partial charge in [-0.25, -0.2) is 0 Å². The molecule has 0 bridgehead atoms. The Hall–Kier alpha value is -0.930. The molecule has 1 saturated heterocycles. The standard InChI is InChI=1S/C16H23N3OS/c1-18-4-5-20-15(9-18)10-19(8-13-2-3-13)11-16-6-14(7-17)12-21-16/h6,12-13,15H,2-5,8-11H2,1H3/t15-/m0/s1. The summed E-state index contributed by atoms with van der Waals surface area (Å²) in [5, 5.41) is 10.9. The van der Waals surface area contributed by atoms with Gasteiger partial charge in [-0.3, -0.25) is 4.90 Å². The Balaban J connectivity index is 1.58. The molecule has 1 aromatic rings. The molecule has 1 saturated carbocycles. The molecule has 3 rings (SSSR count). The predicted octanol–water partition coefficient (Wildman–Crippen LogP) is 2.16. The van der Waals surface area contributed by atoms with Gasteiger partial charge in [-0.2, -0.15) is 5.26 Å². The van der Waals surface area contributed by atoms with Crippen LogP contribution < -0.4 is 0 Å². The van der Waals surface area contributed by atoms with E-state index in [2.05, 4.69) is 22.9 Å². The number of nitriles is 1. The molecule has 2 heterocycles. The highest BCUT2D eigenvalue weighted by Crippen LogP contribution is 2.30. The van der Waals surface area contributed by atoms with Crippen molar-refractivity contribution in [1.29, 1.82) is 5.26 Å². The van der Waals surface area contributed by atoms with Crippen LogP contribution in [-0.4, -0.2) is 55.7 Å². The lowest BCUT2D eigenvalue weighted by atomic mass is 10.2. The zero-order chi connectivity index (χ0) is 14.7. The number of hydrogen-bond donors (Lipinski definition) is 0. The lowest BCUT2D eigenvalue weighted by Gasteiger charge is -2.33. The number of morpholine rings is 1. The van der Waals surface area contributed by atoms with Crippen LogP contribution in [0.15, 0.2) is 11.4 Å². The SMILES string of the molecule is CN1CCO[C@H](CN(Cc2cc(C#N)cs2)CC2CC2)C1. The number of rotatable bonds is 6. The molecule has 21 heavy (non-hydrogen) atoms. The van der Waals surface area contributed by atoms with Gasteiger partial charge in [-0.05, 0) is 31.9 Å². The van der Waals surface area contributed by atoms with Gasteiger partial charge < -0.3 is 9.64 Å². The van der Waals surface area contributed by atoms with Crippen LogP contribution >= 0.6 is 11.3 Å². The van der Waals surface area contributed by atoms with Gasteiger partial charge in [-0.1, -0.05) is 0 Å². The van der Waals surface area contributed by atoms with Crippen molar-refractivity contribution in [3.8, 4) is 6.07 Å². The molecule has 5 heteroatoms. The second-order valence-electron chi connectivity index (χ2n) is 6.31. The summed E-state index contributed by atoms with van der Waals surface area (Å²) >= 11 is 1.70. The maximum atomic E-state index is 8.95. The molecule has 0 spiro atoms. The van der Waals surface area contributed by atoms with E-state index in [-0.39, 0.29) is 0 Å². The summed E-state index contributed by atoms with van der Waals surface area (Å²) in [7, 11) is 2.17. The van der Waals surface area contributed by atoms with Crippen molar-refractivity contribution in [2.75, 3.05) is 39.8 Å². The van der Waals surface area contributed by atoms with Crippen LogP contribution in [0, 0.1) is 17.2 Å². The molecular weight excluding hydrogens is 282 g/mol. The minimum Gasteiger partial charge on any atom is -0.374 e. The molecule has 1 aliphatic carbocycles. The van der Waals surface area contributed by atoms with Crippen LogP contribution in [0.25, 0.3) is 0 Å². The van der Waals surface area contributed by atoms with Gasteiger partial charge in [0.2, 0.25) is 0 Å². The van der Waals surface area contributed by atoms with Gasteiger partial charge >= 0.3 is 0 Å². The van der Waals surface area contributed by atoms with E-state index in [1.165, 1.54) is 24.3 Å². The van der Waals surface area contributed by atoms with E-state index >= 15 is 0 Å². The molecule has 1 atom stereocenters. The largest absolute Gasteiger partial charge is 0.374 e. The third kappa shape index (κ3) is 4.52. The normalized spacial score (nSPS) is 23.4. The second kappa shape index (κ2) is 6.89. The first-order valence-corrected chi connectivity index (χ1v) is 8.61. The summed E-state index contributed by atoms with van der Waals surface area (Å²) in [5.41, 5.74) is 0.787. The maximum absolute atomic E-state index is 8.95. The molecule has 0 unspecified atom stereocenters. The molecule has 114 valence electrons. The van der Waals surface area contributed by atoms with Gasteiger partial charge in [0.15, 0.2) is 0 Å². The smallest absolute Gasteiger partial charge is 0.100 e. The molecule has 2 aliphatic rings. The first-order valence-electron chi connectivity index (χ1n) is 7.73. The van der Waals surface area contributed by atoms with Gasteiger partial charge in [0.05, 0.1) is 18.3 Å². The fraction of sp³-hybridized carbons (Fsp3) is 0.688. The third-order valence-corrected chi connectivity index (χ3v) is 5.10. The second-order valence-corrected chi connectivity index (χ2v) is 7.30. The monoisotopic (exact) mass is 305 g/mol. The number of ether oxygens (including phenoxy) is 1. The van der Waals surface area contributed by atoms with Crippen LogP contribution in [-0.2, 0) is 11.3 Å². The van der Waals surface area contributed by atoms with E-state index in [4.69, 9.17) is 10.00 Å². The van der Waals surface area contributed by atoms with Crippen molar-refractivity contribution < 1.29 is 4.74 Å². The zero-order valence-electron chi connectivity index (χ0n) is 12.6. The van der Waals surface area contributed by atoms with E-state index in [0.717, 1.165) is 44.3 Å². The fourth-order valence-corrected chi connectivity index (χ4v) is 3.73. The highest BCUT2D eigenvalue weighted by molar-refractivity contribution is 7.10. The van der Waals surface area contributed by atoms with Gasteiger partial charge in [0.1, 0.15) is 6.07 Å². The summed E-state index contributed by atoms with van der Waals surface area (Å²) in [6, 6.07) is 4.25. The van der Waals surface area contributed by atoms with Crippen molar-refractivity contribution in [3.05, 3.63) is 21.9 Å². The molecule has 0 aromatic carbocycles. The first-order chi connectivity index (χ1) is 10.2. The Morgan fingerprint density at radius 1 is 1.48 bits per heavy atom. The third-order valence-electron chi connectivity index (χ3n) is 4.18. The molecule has 0 radical (unpaired) electrons. The van der Waals surface area contributed by atoms with Crippen LogP contribution in [0.1, 0.15) is 23.3 Å². The summed E-state index contributed by atoms with van der Waals surface area (Å²) in [6.07, 6.45) is 3.06. The summed E-state index contributed by atoms with van der Waals surface area (Å²) < 4.78 is 5.91. The van der Waals surface area contributed by atoms with Crippen molar-refractivity contribution in [2.45, 2.75) is 25.5 Å². The fourth-order valence-electron chi connectivity index (χ4n) is 2.88. The topological polar surface area (TPSA) is 39.5 Å². The van der Waals surface area contributed by atoms with Crippen molar-refractivity contribution >= 4 is 11.3 Å². The molecule has 0 N–H and O–H groups in total. The van der Waals surface area contributed by atoms with Gasteiger partial charge in [0, 0.05) is 43.0 Å². The number of hydrogen-bond acceptors (Lipinski definition) is 5. The highest BCUT2D eigenvalue weighted by Gasteiger charge is 2.27. The van der Waals surface area contributed by atoms with E-state index in [9.17, 15) is 0 Å². The minimum absolute atomic E-state index is 0.317. The first kappa shape index (κ1) is 15.0. The van der Waals surface area contributed by atoms with Gasteiger partial charge in [-0.15, -0.1) is 11.3 Å². The van der Waals surface area contributed by atoms with E-state index in [1.54, 1.807) is 11.3 Å². The van der Waals surface area contributed by atoms with Crippen molar-refractivity contribution in [3.63, 3.8) is 0 Å².